The molecule has 40 valence electrons. The van der Waals surface area contributed by atoms with Crippen molar-refractivity contribution in [3.63, 3.8) is 0 Å². The zero-order valence-electron chi connectivity index (χ0n) is 6.54. The summed E-state index contributed by atoms with van der Waals surface area (Å²) in [7, 11) is 0. The van der Waals surface area contributed by atoms with Gasteiger partial charge in [0.05, 0.1) is 0 Å². The van der Waals surface area contributed by atoms with Crippen LogP contribution in [0.3, 0.4) is 0 Å². The third-order valence-corrected chi connectivity index (χ3v) is 0. The molecule has 0 aliphatic carbocycles. The Kier molecular flexibility index (Phi) is 120. The maximum Gasteiger partial charge on any atom is 2.00 e. The molecule has 0 saturated carbocycles. The molecule has 0 unspecified atom stereocenters. The van der Waals surface area contributed by atoms with Crippen molar-refractivity contribution in [2.24, 2.45) is 0 Å². The molecule has 0 saturated heterocycles. The van der Waals surface area contributed by atoms with Gasteiger partial charge in [-0.3, -0.25) is 0 Å². The van der Waals surface area contributed by atoms with Crippen molar-refractivity contribution >= 4 is 10.1 Å². The molecule has 8 heavy (non-hydrogen) atoms. The molecule has 0 aliphatic rings. The Morgan fingerprint density at radius 1 is 1.00 bits per heavy atom. The van der Waals surface area contributed by atoms with Gasteiger partial charge < -0.3 is 13.8 Å². The Morgan fingerprint density at radius 3 is 1.00 bits per heavy atom. The van der Waals surface area contributed by atoms with Gasteiger partial charge in [0.1, 0.15) is 0 Å². The minimum absolute atomic E-state index is 0. The molecule has 0 N–H and O–H groups in total. The van der Waals surface area contributed by atoms with Crippen LogP contribution in [0.25, 0.3) is 0 Å². The number of rotatable bonds is 0. The predicted octanol–water partition coefficient (Wildman–Crippen LogP) is -0.916. The molecular formula is C6H14BeNa+. The Hall–Kier alpha value is 1.17. The van der Waals surface area contributed by atoms with Gasteiger partial charge in [-0.25, -0.2) is 0 Å². The van der Waals surface area contributed by atoms with Gasteiger partial charge in [-0.2, -0.15) is 12.8 Å². The van der Waals surface area contributed by atoms with Gasteiger partial charge in [0.25, 0.3) is 0 Å². The summed E-state index contributed by atoms with van der Waals surface area (Å²) in [6.07, 6.45) is 2.00. The molecule has 0 radical (unpaired) electrons. The van der Waals surface area contributed by atoms with Gasteiger partial charge >= 0.3 is 39.7 Å². The first-order valence-electron chi connectivity index (χ1n) is 2.41. The van der Waals surface area contributed by atoms with E-state index < -0.39 is 0 Å². The maximum absolute atomic E-state index is 3.49. The third kappa shape index (κ3) is 200. The van der Waals surface area contributed by atoms with Crippen molar-refractivity contribution in [2.45, 2.75) is 26.7 Å². The maximum atomic E-state index is 3.49. The molecule has 0 spiro atoms. The van der Waals surface area contributed by atoms with Crippen LogP contribution in [-0.2, 0) is 0 Å². The Balaban J connectivity index is -0.0000000160. The topological polar surface area (TPSA) is 0 Å². The molecule has 2 heteroatoms. The largest absolute Gasteiger partial charge is 2.00 e. The zero-order valence-corrected chi connectivity index (χ0v) is 8.54. The Morgan fingerprint density at radius 2 is 1.00 bits per heavy atom. The van der Waals surface area contributed by atoms with Crippen LogP contribution in [-0.4, -0.2) is 10.1 Å². The fraction of sp³-hybridized carbons (Fsp3) is 0.667. The minimum Gasteiger partial charge on any atom is -0.344 e. The van der Waals surface area contributed by atoms with Gasteiger partial charge in [0.15, 0.2) is 0 Å². The third-order valence-electron chi connectivity index (χ3n) is 0. The van der Waals surface area contributed by atoms with E-state index in [1.807, 2.05) is 13.8 Å². The van der Waals surface area contributed by atoms with Gasteiger partial charge in [0.2, 0.25) is 0 Å². The SMILES string of the molecule is [Be+2].[CH2-]CC.[CH2-]CC.[Na+]. The van der Waals surface area contributed by atoms with Crippen LogP contribution >= 0.6 is 0 Å². The average Bonchev–Trinajstić information content (AvgIpc) is 1.39. The van der Waals surface area contributed by atoms with E-state index in [0.29, 0.717) is 0 Å². The molecule has 0 fully saturated rings. The summed E-state index contributed by atoms with van der Waals surface area (Å²) in [6.45, 7) is 11.0. The molecule has 0 aromatic rings. The van der Waals surface area contributed by atoms with Crippen molar-refractivity contribution in [3.8, 4) is 0 Å². The predicted molar refractivity (Wildman–Crippen MR) is 37.0 cm³/mol. The molecule has 0 amide bonds. The monoisotopic (exact) mass is 118 g/mol. The van der Waals surface area contributed by atoms with Crippen molar-refractivity contribution in [3.05, 3.63) is 13.8 Å². The summed E-state index contributed by atoms with van der Waals surface area (Å²) < 4.78 is 0. The second kappa shape index (κ2) is 41.8. The van der Waals surface area contributed by atoms with E-state index in [-0.39, 0.29) is 39.7 Å². The van der Waals surface area contributed by atoms with Gasteiger partial charge in [-0.05, 0) is 0 Å². The Bertz CT molecular complexity index is 10.5. The van der Waals surface area contributed by atoms with Crippen LogP contribution in [0.1, 0.15) is 26.7 Å². The van der Waals surface area contributed by atoms with Crippen molar-refractivity contribution in [1.29, 1.82) is 0 Å². The molecule has 0 rings (SSSR count). The molecule has 0 nitrogen and oxygen atoms in total. The quantitative estimate of drug-likeness (QED) is 0.285. The van der Waals surface area contributed by atoms with E-state index >= 15 is 0 Å². The van der Waals surface area contributed by atoms with E-state index in [4.69, 9.17) is 0 Å². The fourth-order valence-electron chi connectivity index (χ4n) is 0. The Labute approximate surface area is 79.9 Å². The summed E-state index contributed by atoms with van der Waals surface area (Å²) >= 11 is 0. The number of hydrogen-bond donors (Lipinski definition) is 0. The molecular weight excluding hydrogens is 104 g/mol. The van der Waals surface area contributed by atoms with Gasteiger partial charge in [-0.15, -0.1) is 0 Å². The first-order valence-corrected chi connectivity index (χ1v) is 2.41. The van der Waals surface area contributed by atoms with Gasteiger partial charge in [-0.1, -0.05) is 13.8 Å². The standard InChI is InChI=1S/2C3H7.Be.Na/c2*1-3-2;;/h2*1,3H2,2H3;;/q2*-1;+2;+1. The summed E-state index contributed by atoms with van der Waals surface area (Å²) in [5, 5.41) is 0. The van der Waals surface area contributed by atoms with Crippen LogP contribution < -0.4 is 29.6 Å². The van der Waals surface area contributed by atoms with Crippen LogP contribution in [0, 0.1) is 13.8 Å². The molecule has 0 bridgehead atoms. The van der Waals surface area contributed by atoms with Crippen molar-refractivity contribution < 1.29 is 29.6 Å². The van der Waals surface area contributed by atoms with Crippen molar-refractivity contribution in [2.75, 3.05) is 0 Å². The summed E-state index contributed by atoms with van der Waals surface area (Å²) in [5.74, 6) is 0. The summed E-state index contributed by atoms with van der Waals surface area (Å²) in [6, 6.07) is 0. The van der Waals surface area contributed by atoms with E-state index in [1.54, 1.807) is 0 Å². The normalized spacial score (nSPS) is 4.50. The fourth-order valence-corrected chi connectivity index (χ4v) is 0. The first kappa shape index (κ1) is 22.9. The van der Waals surface area contributed by atoms with E-state index in [1.165, 1.54) is 0 Å². The molecule has 0 atom stereocenters. The van der Waals surface area contributed by atoms with Gasteiger partial charge in [0, 0.05) is 0 Å². The van der Waals surface area contributed by atoms with Crippen molar-refractivity contribution in [1.82, 2.24) is 0 Å². The second-order valence-corrected chi connectivity index (χ2v) is 1.000. The smallest absolute Gasteiger partial charge is 0.344 e. The average molecular weight is 118 g/mol. The molecule has 0 aliphatic heterocycles. The van der Waals surface area contributed by atoms with E-state index in [0.717, 1.165) is 12.8 Å². The number of hydrogen-bond acceptors (Lipinski definition) is 0. The van der Waals surface area contributed by atoms with Crippen LogP contribution in [0.5, 0.6) is 0 Å². The zero-order chi connectivity index (χ0) is 5.41. The van der Waals surface area contributed by atoms with E-state index in [2.05, 4.69) is 13.8 Å². The first-order chi connectivity index (χ1) is 2.83. The van der Waals surface area contributed by atoms with E-state index in [9.17, 15) is 0 Å². The molecule has 0 aromatic carbocycles. The molecule has 0 aromatic heterocycles. The minimum atomic E-state index is 0. The van der Waals surface area contributed by atoms with Crippen LogP contribution in [0.4, 0.5) is 0 Å². The van der Waals surface area contributed by atoms with Crippen LogP contribution in [0.2, 0.25) is 0 Å². The summed E-state index contributed by atoms with van der Waals surface area (Å²) in [4.78, 5) is 0. The van der Waals surface area contributed by atoms with Crippen LogP contribution in [0.15, 0.2) is 0 Å². The molecule has 0 heterocycles. The summed E-state index contributed by atoms with van der Waals surface area (Å²) in [5.41, 5.74) is 0. The second-order valence-electron chi connectivity index (χ2n) is 1.000.